The molecular weight excluding hydrogens is 334 g/mol. The van der Waals surface area contributed by atoms with E-state index in [0.717, 1.165) is 29.5 Å². The van der Waals surface area contributed by atoms with E-state index in [1.165, 1.54) is 10.4 Å². The summed E-state index contributed by atoms with van der Waals surface area (Å²) in [6, 6.07) is 0. The van der Waals surface area contributed by atoms with Crippen LogP contribution in [0.15, 0.2) is 4.79 Å². The molecule has 6 nitrogen and oxygen atoms in total. The van der Waals surface area contributed by atoms with Crippen molar-refractivity contribution in [1.29, 1.82) is 0 Å². The molecule has 2 aromatic rings. The highest BCUT2D eigenvalue weighted by Gasteiger charge is 2.20. The molecule has 124 valence electrons. The number of H-pyrrole nitrogens is 1. The Balaban J connectivity index is 1.59. The van der Waals surface area contributed by atoms with Gasteiger partial charge >= 0.3 is 0 Å². The maximum absolute atomic E-state index is 12.3. The van der Waals surface area contributed by atoms with E-state index in [1.54, 1.807) is 23.1 Å². The van der Waals surface area contributed by atoms with Crippen LogP contribution in [0.3, 0.4) is 0 Å². The fourth-order valence-electron chi connectivity index (χ4n) is 2.73. The van der Waals surface area contributed by atoms with Gasteiger partial charge in [0.2, 0.25) is 5.91 Å². The number of aromatic amines is 1. The largest absolute Gasteiger partial charge is 0.395 e. The van der Waals surface area contributed by atoms with E-state index in [0.29, 0.717) is 23.8 Å². The summed E-state index contributed by atoms with van der Waals surface area (Å²) in [4.78, 5) is 33.3. The van der Waals surface area contributed by atoms with E-state index in [4.69, 9.17) is 5.11 Å². The lowest BCUT2D eigenvalue weighted by molar-refractivity contribution is -0.120. The maximum Gasteiger partial charge on any atom is 0.259 e. The van der Waals surface area contributed by atoms with Gasteiger partial charge in [-0.2, -0.15) is 11.8 Å². The van der Waals surface area contributed by atoms with Crippen molar-refractivity contribution in [2.75, 3.05) is 18.9 Å². The summed E-state index contributed by atoms with van der Waals surface area (Å²) in [6.45, 7) is 0.243. The fraction of sp³-hybridized carbons (Fsp3) is 0.533. The van der Waals surface area contributed by atoms with Crippen molar-refractivity contribution in [3.05, 3.63) is 26.6 Å². The van der Waals surface area contributed by atoms with Crippen molar-refractivity contribution in [2.45, 2.75) is 31.4 Å². The molecule has 0 bridgehead atoms. The molecule has 23 heavy (non-hydrogen) atoms. The first-order chi connectivity index (χ1) is 11.2. The van der Waals surface area contributed by atoms with Crippen LogP contribution in [-0.2, 0) is 23.4 Å². The van der Waals surface area contributed by atoms with Crippen LogP contribution in [0.4, 0.5) is 0 Å². The molecule has 0 aliphatic heterocycles. The minimum Gasteiger partial charge on any atom is -0.395 e. The number of aryl methyl sites for hydroxylation is 2. The highest BCUT2D eigenvalue weighted by molar-refractivity contribution is 7.98. The highest BCUT2D eigenvalue weighted by atomic mass is 32.2. The number of hydrogen-bond donors (Lipinski definition) is 3. The van der Waals surface area contributed by atoms with Gasteiger partial charge in [0.15, 0.2) is 0 Å². The monoisotopic (exact) mass is 353 g/mol. The predicted octanol–water partition coefficient (Wildman–Crippen LogP) is 1.21. The molecule has 1 aliphatic carbocycles. The molecule has 1 aliphatic rings. The zero-order valence-corrected chi connectivity index (χ0v) is 14.3. The number of nitrogens with one attached hydrogen (secondary N) is 2. The SMILES string of the molecule is O=C(CCSCc1nc2sc3c(c2c(=O)[nH]1)CCC3)NCCO. The molecule has 0 atom stereocenters. The Hall–Kier alpha value is -1.38. The number of aromatic nitrogens is 2. The normalized spacial score (nSPS) is 13.4. The Morgan fingerprint density at radius 3 is 3.13 bits per heavy atom. The number of thiophene rings is 1. The Morgan fingerprint density at radius 1 is 1.43 bits per heavy atom. The average molecular weight is 353 g/mol. The lowest BCUT2D eigenvalue weighted by atomic mass is 10.2. The molecule has 0 aromatic carbocycles. The van der Waals surface area contributed by atoms with E-state index in [9.17, 15) is 9.59 Å². The molecule has 0 saturated heterocycles. The Bertz CT molecular complexity index is 769. The zero-order valence-electron chi connectivity index (χ0n) is 12.7. The van der Waals surface area contributed by atoms with E-state index in [2.05, 4.69) is 15.3 Å². The Morgan fingerprint density at radius 2 is 2.30 bits per heavy atom. The van der Waals surface area contributed by atoms with Gasteiger partial charge in [0.25, 0.3) is 5.56 Å². The summed E-state index contributed by atoms with van der Waals surface area (Å²) in [6.07, 6.45) is 3.57. The summed E-state index contributed by atoms with van der Waals surface area (Å²) < 4.78 is 0. The number of aliphatic hydroxyl groups is 1. The van der Waals surface area contributed by atoms with Crippen LogP contribution in [0.5, 0.6) is 0 Å². The second-order valence-corrected chi connectivity index (χ2v) is 7.62. The number of fused-ring (bicyclic) bond motifs is 3. The minimum absolute atomic E-state index is 0.0364. The van der Waals surface area contributed by atoms with Crippen LogP contribution < -0.4 is 10.9 Å². The van der Waals surface area contributed by atoms with Crippen molar-refractivity contribution < 1.29 is 9.90 Å². The first-order valence-corrected chi connectivity index (χ1v) is 9.65. The van der Waals surface area contributed by atoms with Crippen LogP contribution in [0.2, 0.25) is 0 Å². The molecule has 0 spiro atoms. The van der Waals surface area contributed by atoms with Crippen LogP contribution in [0, 0.1) is 0 Å². The fourth-order valence-corrected chi connectivity index (χ4v) is 4.82. The number of nitrogens with zero attached hydrogens (tertiary/aromatic N) is 1. The lowest BCUT2D eigenvalue weighted by Crippen LogP contribution is -2.26. The molecule has 0 fully saturated rings. The third-order valence-corrected chi connectivity index (χ3v) is 5.93. The number of amides is 1. The maximum atomic E-state index is 12.3. The van der Waals surface area contributed by atoms with E-state index < -0.39 is 0 Å². The molecule has 2 aromatic heterocycles. The molecule has 8 heteroatoms. The van der Waals surface area contributed by atoms with Gasteiger partial charge in [0, 0.05) is 23.6 Å². The smallest absolute Gasteiger partial charge is 0.259 e. The number of aliphatic hydroxyl groups excluding tert-OH is 1. The third-order valence-electron chi connectivity index (χ3n) is 3.77. The standard InChI is InChI=1S/C15H19N3O3S2/c19-6-5-16-12(20)4-7-22-8-11-17-14(21)13-9-2-1-3-10(9)23-15(13)18-11/h19H,1-8H2,(H,16,20)(H,17,18,21). The number of carbonyl (C=O) groups is 1. The van der Waals surface area contributed by atoms with Gasteiger partial charge in [-0.05, 0) is 24.8 Å². The summed E-state index contributed by atoms with van der Waals surface area (Å²) in [5.41, 5.74) is 1.16. The number of rotatable bonds is 7. The van der Waals surface area contributed by atoms with Gasteiger partial charge in [-0.1, -0.05) is 0 Å². The molecule has 1 amide bonds. The van der Waals surface area contributed by atoms with Gasteiger partial charge in [-0.3, -0.25) is 9.59 Å². The lowest BCUT2D eigenvalue weighted by Gasteiger charge is -2.03. The second-order valence-electron chi connectivity index (χ2n) is 5.43. The summed E-state index contributed by atoms with van der Waals surface area (Å²) in [5, 5.41) is 12.0. The van der Waals surface area contributed by atoms with Gasteiger partial charge in [0.1, 0.15) is 10.7 Å². The molecule has 3 N–H and O–H groups in total. The van der Waals surface area contributed by atoms with Crippen LogP contribution in [0.25, 0.3) is 10.2 Å². The summed E-state index contributed by atoms with van der Waals surface area (Å²) in [7, 11) is 0. The van der Waals surface area contributed by atoms with Gasteiger partial charge < -0.3 is 15.4 Å². The van der Waals surface area contributed by atoms with E-state index in [-0.39, 0.29) is 24.6 Å². The molecule has 0 saturated carbocycles. The van der Waals surface area contributed by atoms with Crippen molar-refractivity contribution in [1.82, 2.24) is 15.3 Å². The summed E-state index contributed by atoms with van der Waals surface area (Å²) in [5.74, 6) is 1.84. The number of hydrogen-bond acceptors (Lipinski definition) is 6. The van der Waals surface area contributed by atoms with E-state index in [1.807, 2.05) is 0 Å². The van der Waals surface area contributed by atoms with Crippen LogP contribution in [-0.4, -0.2) is 39.9 Å². The molecule has 2 heterocycles. The van der Waals surface area contributed by atoms with Gasteiger partial charge in [0.05, 0.1) is 17.7 Å². The molecule has 0 unspecified atom stereocenters. The van der Waals surface area contributed by atoms with Crippen molar-refractivity contribution in [3.8, 4) is 0 Å². The molecule has 3 rings (SSSR count). The molecule has 0 radical (unpaired) electrons. The Kier molecular flexibility index (Phi) is 5.34. The van der Waals surface area contributed by atoms with Crippen molar-refractivity contribution >= 4 is 39.2 Å². The van der Waals surface area contributed by atoms with Gasteiger partial charge in [-0.15, -0.1) is 11.3 Å². The predicted molar refractivity (Wildman–Crippen MR) is 93.1 cm³/mol. The molecular formula is C15H19N3O3S2. The number of carbonyl (C=O) groups excluding carboxylic acids is 1. The van der Waals surface area contributed by atoms with Crippen LogP contribution in [0.1, 0.15) is 29.1 Å². The zero-order chi connectivity index (χ0) is 16.2. The topological polar surface area (TPSA) is 95.1 Å². The van der Waals surface area contributed by atoms with Crippen LogP contribution >= 0.6 is 23.1 Å². The Labute approximate surface area is 141 Å². The number of thioether (sulfide) groups is 1. The van der Waals surface area contributed by atoms with Gasteiger partial charge in [-0.25, -0.2) is 4.98 Å². The minimum atomic E-state index is -0.0712. The second kappa shape index (κ2) is 7.46. The third kappa shape index (κ3) is 3.76. The van der Waals surface area contributed by atoms with E-state index >= 15 is 0 Å². The summed E-state index contributed by atoms with van der Waals surface area (Å²) >= 11 is 3.20. The first kappa shape index (κ1) is 16.5. The van der Waals surface area contributed by atoms with Crippen molar-refractivity contribution in [2.24, 2.45) is 0 Å². The quantitative estimate of drug-likeness (QED) is 0.650. The van der Waals surface area contributed by atoms with Crippen molar-refractivity contribution in [3.63, 3.8) is 0 Å². The highest BCUT2D eigenvalue weighted by Crippen LogP contribution is 2.34. The average Bonchev–Trinajstić information content (AvgIpc) is 3.09. The first-order valence-electron chi connectivity index (χ1n) is 7.68.